The molecule has 2 heteroatoms. The van der Waals surface area contributed by atoms with E-state index in [-0.39, 0.29) is 11.5 Å². The van der Waals surface area contributed by atoms with Gasteiger partial charge in [-0.05, 0) is 82.2 Å². The van der Waals surface area contributed by atoms with Crippen molar-refractivity contribution >= 4 is 21.5 Å². The SMILES string of the molecule is Oc1cc2cc3cc(C#Cc4ccccc4)c(O)cc3cc2cc1C#Cc1ccccc1. The van der Waals surface area contributed by atoms with Gasteiger partial charge >= 0.3 is 0 Å². The fraction of sp³-hybridized carbons (Fsp3) is 0. The van der Waals surface area contributed by atoms with Gasteiger partial charge in [-0.3, -0.25) is 0 Å². The minimum atomic E-state index is 0.142. The molecule has 0 aliphatic heterocycles. The first kappa shape index (κ1) is 19.3. The summed E-state index contributed by atoms with van der Waals surface area (Å²) in [4.78, 5) is 0. The van der Waals surface area contributed by atoms with E-state index in [0.29, 0.717) is 11.1 Å². The Kier molecular flexibility index (Phi) is 4.97. The third-order valence-corrected chi connectivity index (χ3v) is 5.26. The molecule has 0 radical (unpaired) electrons. The maximum Gasteiger partial charge on any atom is 0.131 e. The van der Waals surface area contributed by atoms with E-state index < -0.39 is 0 Å². The summed E-state index contributed by atoms with van der Waals surface area (Å²) >= 11 is 0. The van der Waals surface area contributed by atoms with E-state index >= 15 is 0 Å². The molecule has 32 heavy (non-hydrogen) atoms. The fourth-order valence-electron chi connectivity index (χ4n) is 3.60. The third-order valence-electron chi connectivity index (χ3n) is 5.26. The van der Waals surface area contributed by atoms with Gasteiger partial charge in [0.15, 0.2) is 0 Å². The summed E-state index contributed by atoms with van der Waals surface area (Å²) in [6, 6.07) is 30.5. The Bertz CT molecular complexity index is 1450. The van der Waals surface area contributed by atoms with Crippen LogP contribution in [0.2, 0.25) is 0 Å². The average molecular weight is 410 g/mol. The van der Waals surface area contributed by atoms with E-state index in [1.165, 1.54) is 0 Å². The van der Waals surface area contributed by atoms with Gasteiger partial charge < -0.3 is 10.2 Å². The highest BCUT2D eigenvalue weighted by Gasteiger charge is 2.07. The molecule has 0 aliphatic carbocycles. The normalized spacial score (nSPS) is 10.2. The monoisotopic (exact) mass is 410 g/mol. The molecule has 150 valence electrons. The van der Waals surface area contributed by atoms with Gasteiger partial charge in [0.25, 0.3) is 0 Å². The van der Waals surface area contributed by atoms with Crippen molar-refractivity contribution in [2.75, 3.05) is 0 Å². The molecular weight excluding hydrogens is 392 g/mol. The molecule has 0 bridgehead atoms. The van der Waals surface area contributed by atoms with Gasteiger partial charge in [-0.25, -0.2) is 0 Å². The smallest absolute Gasteiger partial charge is 0.131 e. The van der Waals surface area contributed by atoms with Crippen LogP contribution in [0.25, 0.3) is 21.5 Å². The van der Waals surface area contributed by atoms with Gasteiger partial charge in [0.1, 0.15) is 11.5 Å². The van der Waals surface area contributed by atoms with E-state index in [0.717, 1.165) is 32.7 Å². The third kappa shape index (κ3) is 3.99. The fourth-order valence-corrected chi connectivity index (χ4v) is 3.60. The molecule has 0 heterocycles. The van der Waals surface area contributed by atoms with Crippen LogP contribution in [0.4, 0.5) is 0 Å². The second kappa shape index (κ2) is 8.23. The minimum Gasteiger partial charge on any atom is -0.507 e. The first-order valence-electron chi connectivity index (χ1n) is 10.2. The van der Waals surface area contributed by atoms with Crippen LogP contribution in [0.15, 0.2) is 97.1 Å². The lowest BCUT2D eigenvalue weighted by atomic mass is 9.99. The molecule has 0 spiro atoms. The summed E-state index contributed by atoms with van der Waals surface area (Å²) < 4.78 is 0. The number of benzene rings is 5. The Morgan fingerprint density at radius 1 is 0.406 bits per heavy atom. The van der Waals surface area contributed by atoms with Crippen LogP contribution in [-0.4, -0.2) is 10.2 Å². The predicted molar refractivity (Wildman–Crippen MR) is 130 cm³/mol. The highest BCUT2D eigenvalue weighted by molar-refractivity contribution is 6.00. The van der Waals surface area contributed by atoms with Crippen LogP contribution in [0.1, 0.15) is 22.3 Å². The van der Waals surface area contributed by atoms with Crippen molar-refractivity contribution in [2.24, 2.45) is 0 Å². The summed E-state index contributed by atoms with van der Waals surface area (Å²) in [7, 11) is 0. The second-order valence-electron chi connectivity index (χ2n) is 7.52. The molecule has 2 N–H and O–H groups in total. The second-order valence-corrected chi connectivity index (χ2v) is 7.52. The predicted octanol–water partition coefficient (Wildman–Crippen LogP) is 6.20. The zero-order valence-electron chi connectivity index (χ0n) is 17.1. The molecule has 0 fully saturated rings. The lowest BCUT2D eigenvalue weighted by Crippen LogP contribution is -1.84. The van der Waals surface area contributed by atoms with E-state index in [1.54, 1.807) is 12.1 Å². The van der Waals surface area contributed by atoms with Crippen LogP contribution in [0, 0.1) is 23.7 Å². The van der Waals surface area contributed by atoms with E-state index in [2.05, 4.69) is 23.7 Å². The lowest BCUT2D eigenvalue weighted by Gasteiger charge is -2.07. The zero-order chi connectivity index (χ0) is 21.9. The summed E-state index contributed by atoms with van der Waals surface area (Å²) in [6.45, 7) is 0. The van der Waals surface area contributed by atoms with E-state index in [4.69, 9.17) is 0 Å². The summed E-state index contributed by atoms with van der Waals surface area (Å²) in [5.41, 5.74) is 2.91. The minimum absolute atomic E-state index is 0.142. The Hall–Kier alpha value is -4.66. The Labute approximate surface area is 186 Å². The van der Waals surface area contributed by atoms with Crippen LogP contribution in [0.3, 0.4) is 0 Å². The molecule has 5 aromatic rings. The molecule has 5 rings (SSSR count). The number of hydrogen-bond donors (Lipinski definition) is 2. The van der Waals surface area contributed by atoms with Crippen LogP contribution >= 0.6 is 0 Å². The maximum absolute atomic E-state index is 10.5. The van der Waals surface area contributed by atoms with Crippen molar-refractivity contribution in [3.05, 3.63) is 119 Å². The quantitative estimate of drug-likeness (QED) is 0.236. The van der Waals surface area contributed by atoms with Gasteiger partial charge in [-0.1, -0.05) is 60.1 Å². The van der Waals surface area contributed by atoms with Gasteiger partial charge in [0.2, 0.25) is 0 Å². The van der Waals surface area contributed by atoms with Gasteiger partial charge in [0.05, 0.1) is 11.1 Å². The molecule has 0 unspecified atom stereocenters. The van der Waals surface area contributed by atoms with Crippen molar-refractivity contribution in [1.82, 2.24) is 0 Å². The summed E-state index contributed by atoms with van der Waals surface area (Å²) in [5, 5.41) is 24.7. The summed E-state index contributed by atoms with van der Waals surface area (Å²) in [6.07, 6.45) is 0. The number of phenolic OH excluding ortho intramolecular Hbond substituents is 2. The highest BCUT2D eigenvalue weighted by atomic mass is 16.3. The molecule has 0 amide bonds. The van der Waals surface area contributed by atoms with Gasteiger partial charge in [-0.2, -0.15) is 0 Å². The number of phenols is 2. The lowest BCUT2D eigenvalue weighted by molar-refractivity contribution is 0.474. The van der Waals surface area contributed by atoms with Crippen molar-refractivity contribution in [1.29, 1.82) is 0 Å². The number of fused-ring (bicyclic) bond motifs is 2. The van der Waals surface area contributed by atoms with Crippen LogP contribution in [0.5, 0.6) is 11.5 Å². The Morgan fingerprint density at radius 3 is 1.19 bits per heavy atom. The Balaban J connectivity index is 1.57. The zero-order valence-corrected chi connectivity index (χ0v) is 17.1. The van der Waals surface area contributed by atoms with Gasteiger partial charge in [-0.15, -0.1) is 0 Å². The molecular formula is C30H18O2. The first-order chi connectivity index (χ1) is 15.7. The molecule has 0 saturated carbocycles. The van der Waals surface area contributed by atoms with E-state index in [1.807, 2.05) is 84.9 Å². The van der Waals surface area contributed by atoms with Crippen molar-refractivity contribution in [3.63, 3.8) is 0 Å². The Morgan fingerprint density at radius 2 is 0.781 bits per heavy atom. The van der Waals surface area contributed by atoms with E-state index in [9.17, 15) is 10.2 Å². The first-order valence-corrected chi connectivity index (χ1v) is 10.2. The largest absolute Gasteiger partial charge is 0.507 e. The van der Waals surface area contributed by atoms with Crippen molar-refractivity contribution in [2.45, 2.75) is 0 Å². The number of hydrogen-bond acceptors (Lipinski definition) is 2. The number of rotatable bonds is 0. The topological polar surface area (TPSA) is 40.5 Å². The molecule has 5 aromatic carbocycles. The maximum atomic E-state index is 10.5. The number of aromatic hydroxyl groups is 2. The summed E-state index contributed by atoms with van der Waals surface area (Å²) in [5.74, 6) is 12.6. The molecule has 0 aromatic heterocycles. The molecule has 2 nitrogen and oxygen atoms in total. The molecule has 0 atom stereocenters. The van der Waals surface area contributed by atoms with Crippen LogP contribution < -0.4 is 0 Å². The molecule has 0 saturated heterocycles. The van der Waals surface area contributed by atoms with Crippen molar-refractivity contribution in [3.8, 4) is 35.2 Å². The van der Waals surface area contributed by atoms with Gasteiger partial charge in [0, 0.05) is 11.1 Å². The standard InChI is InChI=1S/C30H18O2/c31-29-19-27-18-26-16-24(14-12-22-9-5-2-6-10-22)30(32)20-28(26)17-25(27)15-23(29)13-11-21-7-3-1-4-8-21/h1-10,15-20,31-32H. The van der Waals surface area contributed by atoms with Crippen LogP contribution in [-0.2, 0) is 0 Å². The van der Waals surface area contributed by atoms with Crippen molar-refractivity contribution < 1.29 is 10.2 Å². The highest BCUT2D eigenvalue weighted by Crippen LogP contribution is 2.31. The molecule has 0 aliphatic rings. The average Bonchev–Trinajstić information content (AvgIpc) is 2.82.